The molecule has 3 rings (SSSR count). The minimum atomic E-state index is 0.160. The van der Waals surface area contributed by atoms with Gasteiger partial charge in [-0.05, 0) is 33.9 Å². The average molecular weight is 360 g/mol. The first kappa shape index (κ1) is 18.5. The van der Waals surface area contributed by atoms with E-state index in [9.17, 15) is 4.79 Å². The van der Waals surface area contributed by atoms with Crippen LogP contribution >= 0.6 is 0 Å². The highest BCUT2D eigenvalue weighted by Crippen LogP contribution is 2.26. The Morgan fingerprint density at radius 1 is 1.35 bits per heavy atom. The molecule has 9 heteroatoms. The molecule has 0 aromatic carbocycles. The number of rotatable bonds is 6. The molecular weight excluding hydrogens is 332 g/mol. The number of aryl methyl sites for hydroxylation is 2. The number of aromatic amines is 1. The maximum atomic E-state index is 12.6. The van der Waals surface area contributed by atoms with Crippen molar-refractivity contribution in [3.63, 3.8) is 0 Å². The van der Waals surface area contributed by atoms with Gasteiger partial charge in [0.05, 0.1) is 6.54 Å². The van der Waals surface area contributed by atoms with E-state index >= 15 is 0 Å². The molecular formula is C17H28N8O. The minimum Gasteiger partial charge on any atom is -0.342 e. The molecule has 1 amide bonds. The van der Waals surface area contributed by atoms with Crippen LogP contribution in [0.5, 0.6) is 0 Å². The third kappa shape index (κ3) is 4.27. The Morgan fingerprint density at radius 2 is 2.15 bits per heavy atom. The molecule has 9 nitrogen and oxygen atoms in total. The summed E-state index contributed by atoms with van der Waals surface area (Å²) in [5.74, 6) is 3.81. The highest BCUT2D eigenvalue weighted by molar-refractivity contribution is 5.76. The zero-order chi connectivity index (χ0) is 18.7. The topological polar surface area (TPSA) is 95.8 Å². The van der Waals surface area contributed by atoms with Crippen molar-refractivity contribution in [2.45, 2.75) is 45.1 Å². The maximum Gasteiger partial charge on any atom is 0.223 e. The summed E-state index contributed by atoms with van der Waals surface area (Å²) in [6.07, 6.45) is 3.04. The average Bonchev–Trinajstić information content (AvgIpc) is 3.19. The zero-order valence-corrected chi connectivity index (χ0v) is 16.1. The molecule has 1 unspecified atom stereocenters. The molecule has 0 bridgehead atoms. The largest absolute Gasteiger partial charge is 0.342 e. The standard InChI is InChI=1S/C17H28N8O/c1-12-18-14(20-19-12)7-8-16(26)25-9-5-6-13(10-25)17-22-21-15(24(17)4)11-23(2)3/h13H,5-11H2,1-4H3,(H,18,19,20). The molecule has 0 radical (unpaired) electrons. The SMILES string of the molecule is Cc1nc(CCC(=O)N2CCCC(c3nnc(CN(C)C)n3C)C2)n[nH]1. The molecule has 26 heavy (non-hydrogen) atoms. The molecule has 0 aliphatic carbocycles. The molecule has 0 saturated carbocycles. The van der Waals surface area contributed by atoms with Gasteiger partial charge in [0.25, 0.3) is 0 Å². The Hall–Kier alpha value is -2.29. The lowest BCUT2D eigenvalue weighted by molar-refractivity contribution is -0.132. The van der Waals surface area contributed by atoms with E-state index in [0.717, 1.165) is 43.4 Å². The van der Waals surface area contributed by atoms with Crippen molar-refractivity contribution in [3.05, 3.63) is 23.3 Å². The summed E-state index contributed by atoms with van der Waals surface area (Å²) in [6, 6.07) is 0. The van der Waals surface area contributed by atoms with E-state index in [1.54, 1.807) is 0 Å². The van der Waals surface area contributed by atoms with Gasteiger partial charge >= 0.3 is 0 Å². The molecule has 1 fully saturated rings. The Balaban J connectivity index is 1.60. The maximum absolute atomic E-state index is 12.6. The van der Waals surface area contributed by atoms with Crippen LogP contribution in [0.2, 0.25) is 0 Å². The van der Waals surface area contributed by atoms with E-state index in [0.29, 0.717) is 25.2 Å². The third-order valence-electron chi connectivity index (χ3n) is 4.80. The molecule has 1 N–H and O–H groups in total. The van der Waals surface area contributed by atoms with E-state index in [2.05, 4.69) is 34.8 Å². The van der Waals surface area contributed by atoms with Gasteiger partial charge in [0.1, 0.15) is 17.5 Å². The van der Waals surface area contributed by atoms with Crippen LogP contribution in [-0.4, -0.2) is 72.8 Å². The molecule has 2 aromatic heterocycles. The van der Waals surface area contributed by atoms with E-state index in [1.807, 2.05) is 33.0 Å². The summed E-state index contributed by atoms with van der Waals surface area (Å²) in [6.45, 7) is 4.14. The monoisotopic (exact) mass is 360 g/mol. The fraction of sp³-hybridized carbons (Fsp3) is 0.706. The molecule has 3 heterocycles. The lowest BCUT2D eigenvalue weighted by Crippen LogP contribution is -2.39. The number of piperidine rings is 1. The van der Waals surface area contributed by atoms with Crippen LogP contribution in [0.3, 0.4) is 0 Å². The number of aromatic nitrogens is 6. The number of carbonyl (C=O) groups is 1. The molecule has 142 valence electrons. The predicted molar refractivity (Wildman–Crippen MR) is 96.4 cm³/mol. The van der Waals surface area contributed by atoms with Crippen molar-refractivity contribution in [1.82, 2.24) is 39.7 Å². The van der Waals surface area contributed by atoms with Crippen molar-refractivity contribution in [2.75, 3.05) is 27.2 Å². The quantitative estimate of drug-likeness (QED) is 0.812. The van der Waals surface area contributed by atoms with Crippen molar-refractivity contribution in [2.24, 2.45) is 7.05 Å². The molecule has 1 atom stereocenters. The van der Waals surface area contributed by atoms with Gasteiger partial charge in [0.15, 0.2) is 5.82 Å². The lowest BCUT2D eigenvalue weighted by atomic mass is 9.96. The predicted octanol–water partition coefficient (Wildman–Crippen LogP) is 0.642. The Kier molecular flexibility index (Phi) is 5.65. The van der Waals surface area contributed by atoms with Crippen LogP contribution in [0.4, 0.5) is 0 Å². The van der Waals surface area contributed by atoms with Crippen LogP contribution in [0, 0.1) is 6.92 Å². The van der Waals surface area contributed by atoms with Crippen LogP contribution < -0.4 is 0 Å². The zero-order valence-electron chi connectivity index (χ0n) is 16.1. The fourth-order valence-corrected chi connectivity index (χ4v) is 3.44. The van der Waals surface area contributed by atoms with E-state index in [-0.39, 0.29) is 11.8 Å². The molecule has 1 aliphatic rings. The Bertz CT molecular complexity index is 750. The first-order chi connectivity index (χ1) is 12.4. The van der Waals surface area contributed by atoms with Crippen molar-refractivity contribution in [3.8, 4) is 0 Å². The van der Waals surface area contributed by atoms with Crippen LogP contribution in [-0.2, 0) is 24.8 Å². The lowest BCUT2D eigenvalue weighted by Gasteiger charge is -2.32. The van der Waals surface area contributed by atoms with E-state index in [4.69, 9.17) is 0 Å². The highest BCUT2D eigenvalue weighted by atomic mass is 16.2. The second-order valence-electron chi connectivity index (χ2n) is 7.29. The number of nitrogens with zero attached hydrogens (tertiary/aromatic N) is 7. The summed E-state index contributed by atoms with van der Waals surface area (Å²) in [4.78, 5) is 20.9. The smallest absolute Gasteiger partial charge is 0.223 e. The van der Waals surface area contributed by atoms with Gasteiger partial charge in [0, 0.05) is 38.9 Å². The Labute approximate surface area is 153 Å². The number of carbonyl (C=O) groups excluding carboxylic acids is 1. The van der Waals surface area contributed by atoms with Crippen molar-refractivity contribution >= 4 is 5.91 Å². The minimum absolute atomic E-state index is 0.160. The Morgan fingerprint density at radius 3 is 2.85 bits per heavy atom. The van der Waals surface area contributed by atoms with Crippen molar-refractivity contribution < 1.29 is 4.79 Å². The van der Waals surface area contributed by atoms with Gasteiger partial charge < -0.3 is 14.4 Å². The fourth-order valence-electron chi connectivity index (χ4n) is 3.44. The summed E-state index contributed by atoms with van der Waals surface area (Å²) in [7, 11) is 6.05. The number of hydrogen-bond acceptors (Lipinski definition) is 6. The third-order valence-corrected chi connectivity index (χ3v) is 4.80. The van der Waals surface area contributed by atoms with E-state index < -0.39 is 0 Å². The highest BCUT2D eigenvalue weighted by Gasteiger charge is 2.28. The van der Waals surface area contributed by atoms with Gasteiger partial charge in [-0.2, -0.15) is 5.10 Å². The number of nitrogens with one attached hydrogen (secondary N) is 1. The first-order valence-electron chi connectivity index (χ1n) is 9.12. The molecule has 1 saturated heterocycles. The summed E-state index contributed by atoms with van der Waals surface area (Å²) in [5, 5.41) is 15.6. The number of hydrogen-bond donors (Lipinski definition) is 1. The normalized spacial score (nSPS) is 17.9. The van der Waals surface area contributed by atoms with Crippen LogP contribution in [0.25, 0.3) is 0 Å². The van der Waals surface area contributed by atoms with Crippen molar-refractivity contribution in [1.29, 1.82) is 0 Å². The van der Waals surface area contributed by atoms with Gasteiger partial charge in [-0.1, -0.05) is 0 Å². The van der Waals surface area contributed by atoms with Gasteiger partial charge in [-0.3, -0.25) is 9.89 Å². The summed E-state index contributed by atoms with van der Waals surface area (Å²) in [5.41, 5.74) is 0. The summed E-state index contributed by atoms with van der Waals surface area (Å²) >= 11 is 0. The molecule has 0 spiro atoms. The summed E-state index contributed by atoms with van der Waals surface area (Å²) < 4.78 is 2.08. The second kappa shape index (κ2) is 7.94. The number of amides is 1. The van der Waals surface area contributed by atoms with Gasteiger partial charge in [-0.15, -0.1) is 10.2 Å². The van der Waals surface area contributed by atoms with E-state index in [1.165, 1.54) is 0 Å². The van der Waals surface area contributed by atoms with Gasteiger partial charge in [0.2, 0.25) is 5.91 Å². The molecule has 1 aliphatic heterocycles. The second-order valence-corrected chi connectivity index (χ2v) is 7.29. The van der Waals surface area contributed by atoms with Crippen LogP contribution in [0.15, 0.2) is 0 Å². The van der Waals surface area contributed by atoms with Gasteiger partial charge in [-0.25, -0.2) is 4.98 Å². The first-order valence-corrected chi connectivity index (χ1v) is 9.12. The molecule has 2 aromatic rings. The number of H-pyrrole nitrogens is 1. The number of likely N-dealkylation sites (tertiary alicyclic amines) is 1. The van der Waals surface area contributed by atoms with Crippen LogP contribution in [0.1, 0.15) is 48.5 Å².